The number of methoxy groups -OCH3 is 1. The highest BCUT2D eigenvalue weighted by molar-refractivity contribution is 7.92. The van der Waals surface area contributed by atoms with Crippen molar-refractivity contribution in [3.05, 3.63) is 83.4 Å². The number of rotatable bonds is 7. The molecule has 0 aliphatic rings. The smallest absolute Gasteiger partial charge is 0.264 e. The molecule has 0 saturated carbocycles. The van der Waals surface area contributed by atoms with Crippen LogP contribution in [0.15, 0.2) is 71.6 Å². The van der Waals surface area contributed by atoms with Crippen molar-refractivity contribution in [1.29, 1.82) is 0 Å². The standard InChI is InChI=1S/C24H26N2O4S/c1-5-26(20-9-7-6-8-10-20)31(28,29)23-16-19(13-12-18(23)3)24(27)25-21-15-17(2)11-14-22(21)30-4/h6-16H,5H2,1-4H3,(H,25,27). The van der Waals surface area contributed by atoms with E-state index in [1.807, 2.05) is 19.1 Å². The molecule has 7 heteroatoms. The van der Waals surface area contributed by atoms with Gasteiger partial charge in [0, 0.05) is 12.1 Å². The summed E-state index contributed by atoms with van der Waals surface area (Å²) in [7, 11) is -2.33. The average molecular weight is 439 g/mol. The molecule has 162 valence electrons. The molecule has 1 amide bonds. The van der Waals surface area contributed by atoms with Crippen LogP contribution in [0.3, 0.4) is 0 Å². The number of carbonyl (C=O) groups is 1. The van der Waals surface area contributed by atoms with Crippen LogP contribution >= 0.6 is 0 Å². The molecule has 0 aliphatic heterocycles. The van der Waals surface area contributed by atoms with Gasteiger partial charge in [-0.25, -0.2) is 8.42 Å². The van der Waals surface area contributed by atoms with Gasteiger partial charge in [-0.15, -0.1) is 0 Å². The Kier molecular flexibility index (Phi) is 6.65. The molecule has 6 nitrogen and oxygen atoms in total. The monoisotopic (exact) mass is 438 g/mol. The van der Waals surface area contributed by atoms with Crippen LogP contribution in [0, 0.1) is 13.8 Å². The minimum absolute atomic E-state index is 0.0991. The summed E-state index contributed by atoms with van der Waals surface area (Å²) in [5, 5.41) is 2.82. The van der Waals surface area contributed by atoms with E-state index >= 15 is 0 Å². The topological polar surface area (TPSA) is 75.7 Å². The summed E-state index contributed by atoms with van der Waals surface area (Å²) in [6.07, 6.45) is 0. The van der Waals surface area contributed by atoms with Gasteiger partial charge in [0.1, 0.15) is 5.75 Å². The number of para-hydroxylation sites is 1. The summed E-state index contributed by atoms with van der Waals surface area (Å²) < 4.78 is 33.5. The van der Waals surface area contributed by atoms with Gasteiger partial charge in [-0.3, -0.25) is 9.10 Å². The molecule has 0 atom stereocenters. The SMILES string of the molecule is CCN(c1ccccc1)S(=O)(=O)c1cc(C(=O)Nc2cc(C)ccc2OC)ccc1C. The van der Waals surface area contributed by atoms with E-state index in [0.717, 1.165) is 5.56 Å². The van der Waals surface area contributed by atoms with E-state index in [2.05, 4.69) is 5.32 Å². The predicted octanol–water partition coefficient (Wildman–Crippen LogP) is 4.78. The molecule has 0 saturated heterocycles. The van der Waals surface area contributed by atoms with Crippen LogP contribution in [-0.4, -0.2) is 28.0 Å². The number of sulfonamides is 1. The predicted molar refractivity (Wildman–Crippen MR) is 124 cm³/mol. The molecule has 0 spiro atoms. The van der Waals surface area contributed by atoms with E-state index in [-0.39, 0.29) is 17.0 Å². The highest BCUT2D eigenvalue weighted by Crippen LogP contribution is 2.28. The van der Waals surface area contributed by atoms with Crippen molar-refractivity contribution in [2.24, 2.45) is 0 Å². The number of anilines is 2. The maximum Gasteiger partial charge on any atom is 0.264 e. The molecule has 0 aliphatic carbocycles. The molecule has 3 aromatic carbocycles. The number of amides is 1. The second-order valence-electron chi connectivity index (χ2n) is 7.14. The van der Waals surface area contributed by atoms with Crippen molar-refractivity contribution in [3.8, 4) is 5.75 Å². The molecule has 1 N–H and O–H groups in total. The minimum Gasteiger partial charge on any atom is -0.495 e. The van der Waals surface area contributed by atoms with Crippen molar-refractivity contribution >= 4 is 27.3 Å². The molecule has 3 rings (SSSR count). The molecule has 31 heavy (non-hydrogen) atoms. The number of benzene rings is 3. The Morgan fingerprint density at radius 2 is 1.71 bits per heavy atom. The molecule has 0 bridgehead atoms. The first-order valence-corrected chi connectivity index (χ1v) is 11.4. The second kappa shape index (κ2) is 9.22. The van der Waals surface area contributed by atoms with Gasteiger partial charge in [-0.2, -0.15) is 0 Å². The number of hydrogen-bond acceptors (Lipinski definition) is 4. The van der Waals surface area contributed by atoms with Crippen LogP contribution in [0.4, 0.5) is 11.4 Å². The molecule has 0 unspecified atom stereocenters. The normalized spacial score (nSPS) is 11.1. The van der Waals surface area contributed by atoms with Crippen LogP contribution < -0.4 is 14.4 Å². The summed E-state index contributed by atoms with van der Waals surface area (Å²) in [6.45, 7) is 5.68. The van der Waals surface area contributed by atoms with Gasteiger partial charge in [0.15, 0.2) is 0 Å². The highest BCUT2D eigenvalue weighted by atomic mass is 32.2. The molecule has 0 radical (unpaired) electrons. The van der Waals surface area contributed by atoms with Gasteiger partial charge < -0.3 is 10.1 Å². The number of ether oxygens (including phenoxy) is 1. The maximum atomic E-state index is 13.4. The second-order valence-corrected chi connectivity index (χ2v) is 8.97. The first-order chi connectivity index (χ1) is 14.8. The lowest BCUT2D eigenvalue weighted by Crippen LogP contribution is -2.31. The largest absolute Gasteiger partial charge is 0.495 e. The first kappa shape index (κ1) is 22.4. The Hall–Kier alpha value is -3.32. The number of aryl methyl sites for hydroxylation is 2. The Labute approximate surface area is 183 Å². The van der Waals surface area contributed by atoms with Crippen molar-refractivity contribution in [2.45, 2.75) is 25.7 Å². The summed E-state index contributed by atoms with van der Waals surface area (Å²) >= 11 is 0. The molecular weight excluding hydrogens is 412 g/mol. The summed E-state index contributed by atoms with van der Waals surface area (Å²) in [5.41, 5.74) is 2.88. The van der Waals surface area contributed by atoms with E-state index in [1.54, 1.807) is 62.4 Å². The zero-order chi connectivity index (χ0) is 22.6. The number of nitrogens with one attached hydrogen (secondary N) is 1. The van der Waals surface area contributed by atoms with Gasteiger partial charge in [-0.1, -0.05) is 30.3 Å². The van der Waals surface area contributed by atoms with Gasteiger partial charge in [-0.05, 0) is 68.3 Å². The van der Waals surface area contributed by atoms with E-state index in [4.69, 9.17) is 4.74 Å². The third-order valence-corrected chi connectivity index (χ3v) is 7.00. The van der Waals surface area contributed by atoms with Crippen LogP contribution in [0.1, 0.15) is 28.4 Å². The van der Waals surface area contributed by atoms with Crippen molar-refractivity contribution in [2.75, 3.05) is 23.3 Å². The number of nitrogens with zero attached hydrogens (tertiary/aromatic N) is 1. The fraction of sp³-hybridized carbons (Fsp3) is 0.208. The van der Waals surface area contributed by atoms with Crippen LogP contribution in [-0.2, 0) is 10.0 Å². The summed E-state index contributed by atoms with van der Waals surface area (Å²) in [6, 6.07) is 19.1. The van der Waals surface area contributed by atoms with Gasteiger partial charge >= 0.3 is 0 Å². The zero-order valence-electron chi connectivity index (χ0n) is 18.0. The molecular formula is C24H26N2O4S. The fourth-order valence-corrected chi connectivity index (χ4v) is 5.06. The summed E-state index contributed by atoms with van der Waals surface area (Å²) in [4.78, 5) is 13.0. The third-order valence-electron chi connectivity index (χ3n) is 4.95. The molecule has 0 heterocycles. The van der Waals surface area contributed by atoms with Gasteiger partial charge in [0.2, 0.25) is 0 Å². The van der Waals surface area contributed by atoms with Gasteiger partial charge in [0.25, 0.3) is 15.9 Å². The molecule has 0 aromatic heterocycles. The number of hydrogen-bond donors (Lipinski definition) is 1. The Bertz CT molecular complexity index is 1190. The Morgan fingerprint density at radius 3 is 2.35 bits per heavy atom. The maximum absolute atomic E-state index is 13.4. The van der Waals surface area contributed by atoms with Crippen molar-refractivity contribution < 1.29 is 17.9 Å². The van der Waals surface area contributed by atoms with E-state index in [9.17, 15) is 13.2 Å². The minimum atomic E-state index is -3.85. The lowest BCUT2D eigenvalue weighted by Gasteiger charge is -2.24. The highest BCUT2D eigenvalue weighted by Gasteiger charge is 2.26. The quantitative estimate of drug-likeness (QED) is 0.576. The summed E-state index contributed by atoms with van der Waals surface area (Å²) in [5.74, 6) is 0.114. The Morgan fingerprint density at radius 1 is 1.00 bits per heavy atom. The van der Waals surface area contributed by atoms with E-state index < -0.39 is 15.9 Å². The first-order valence-electron chi connectivity index (χ1n) is 9.92. The zero-order valence-corrected chi connectivity index (χ0v) is 18.9. The van der Waals surface area contributed by atoms with Gasteiger partial charge in [0.05, 0.1) is 23.4 Å². The average Bonchev–Trinajstić information content (AvgIpc) is 2.75. The Balaban J connectivity index is 1.98. The van der Waals surface area contributed by atoms with Crippen molar-refractivity contribution in [1.82, 2.24) is 0 Å². The lowest BCUT2D eigenvalue weighted by atomic mass is 10.1. The van der Waals surface area contributed by atoms with E-state index in [0.29, 0.717) is 22.7 Å². The van der Waals surface area contributed by atoms with Crippen LogP contribution in [0.2, 0.25) is 0 Å². The number of carbonyl (C=O) groups excluding carboxylic acids is 1. The van der Waals surface area contributed by atoms with E-state index in [1.165, 1.54) is 17.5 Å². The molecule has 0 fully saturated rings. The van der Waals surface area contributed by atoms with Crippen molar-refractivity contribution in [3.63, 3.8) is 0 Å². The lowest BCUT2D eigenvalue weighted by molar-refractivity contribution is 0.102. The molecule has 3 aromatic rings. The third kappa shape index (κ3) is 4.72. The van der Waals surface area contributed by atoms with Crippen LogP contribution in [0.5, 0.6) is 5.75 Å². The van der Waals surface area contributed by atoms with Crippen LogP contribution in [0.25, 0.3) is 0 Å². The fourth-order valence-electron chi connectivity index (χ4n) is 3.34.